The summed E-state index contributed by atoms with van der Waals surface area (Å²) < 4.78 is 27.7. The Hall–Kier alpha value is -2.00. The molecule has 1 amide bonds. The monoisotopic (exact) mass is 444 g/mol. The predicted octanol–water partition coefficient (Wildman–Crippen LogP) is 1.75. The molecule has 7 nitrogen and oxygen atoms in total. The van der Waals surface area contributed by atoms with Crippen molar-refractivity contribution in [2.24, 2.45) is 0 Å². The number of nitrogens with zero attached hydrogens (tertiary/aromatic N) is 3. The van der Waals surface area contributed by atoms with Crippen molar-refractivity contribution in [3.05, 3.63) is 42.5 Å². The van der Waals surface area contributed by atoms with E-state index in [-0.39, 0.29) is 5.91 Å². The first-order chi connectivity index (χ1) is 15.0. The fourth-order valence-corrected chi connectivity index (χ4v) is 6.11. The fourth-order valence-electron chi connectivity index (χ4n) is 4.65. The average molecular weight is 445 g/mol. The van der Waals surface area contributed by atoms with Gasteiger partial charge < -0.3 is 10.2 Å². The second-order valence-electron chi connectivity index (χ2n) is 8.35. The zero-order valence-electron chi connectivity index (χ0n) is 18.2. The second-order valence-corrected chi connectivity index (χ2v) is 10.3. The van der Waals surface area contributed by atoms with E-state index in [1.54, 1.807) is 17.0 Å². The van der Waals surface area contributed by atoms with E-state index < -0.39 is 10.0 Å². The molecule has 2 aromatic carbocycles. The molecule has 2 saturated heterocycles. The van der Waals surface area contributed by atoms with Gasteiger partial charge in [-0.05, 0) is 48.8 Å². The maximum atomic E-state index is 13.1. The molecule has 0 radical (unpaired) electrons. The minimum absolute atomic E-state index is 0.0452. The van der Waals surface area contributed by atoms with Crippen LogP contribution in [0.25, 0.3) is 10.8 Å². The van der Waals surface area contributed by atoms with Gasteiger partial charge in [0.15, 0.2) is 0 Å². The molecule has 4 rings (SSSR count). The summed E-state index contributed by atoms with van der Waals surface area (Å²) in [5.41, 5.74) is 0. The fraction of sp³-hybridized carbons (Fsp3) is 0.522. The van der Waals surface area contributed by atoms with E-state index in [9.17, 15) is 13.2 Å². The Kier molecular flexibility index (Phi) is 6.91. The van der Waals surface area contributed by atoms with Crippen LogP contribution in [0.4, 0.5) is 0 Å². The van der Waals surface area contributed by atoms with Crippen LogP contribution in [0.2, 0.25) is 0 Å². The van der Waals surface area contributed by atoms with Gasteiger partial charge in [-0.15, -0.1) is 0 Å². The second kappa shape index (κ2) is 9.65. The lowest BCUT2D eigenvalue weighted by Gasteiger charge is -2.34. The van der Waals surface area contributed by atoms with Gasteiger partial charge in [0.05, 0.1) is 11.4 Å². The Morgan fingerprint density at radius 2 is 1.77 bits per heavy atom. The van der Waals surface area contributed by atoms with Crippen LogP contribution < -0.4 is 5.32 Å². The Morgan fingerprint density at radius 1 is 1.03 bits per heavy atom. The molecular formula is C23H32N4O3S. The molecular weight excluding hydrogens is 412 g/mol. The first kappa shape index (κ1) is 22.2. The number of nitrogens with one attached hydrogen (secondary N) is 1. The highest BCUT2D eigenvalue weighted by molar-refractivity contribution is 7.89. The molecule has 31 heavy (non-hydrogen) atoms. The lowest BCUT2D eigenvalue weighted by Crippen LogP contribution is -2.52. The summed E-state index contributed by atoms with van der Waals surface area (Å²) in [4.78, 5) is 17.1. The lowest BCUT2D eigenvalue weighted by atomic mass is 10.1. The number of carbonyl (C=O) groups excluding carboxylic acids is 1. The van der Waals surface area contributed by atoms with Crippen LogP contribution in [0, 0.1) is 0 Å². The molecule has 0 unspecified atom stereocenters. The van der Waals surface area contributed by atoms with Crippen molar-refractivity contribution in [1.29, 1.82) is 0 Å². The van der Waals surface area contributed by atoms with Crippen molar-refractivity contribution < 1.29 is 13.2 Å². The van der Waals surface area contributed by atoms with Crippen LogP contribution in [0.5, 0.6) is 0 Å². The van der Waals surface area contributed by atoms with E-state index in [4.69, 9.17) is 0 Å². The van der Waals surface area contributed by atoms with E-state index in [0.717, 1.165) is 30.4 Å². The van der Waals surface area contributed by atoms with Gasteiger partial charge in [0.25, 0.3) is 0 Å². The topological polar surface area (TPSA) is 73.0 Å². The summed E-state index contributed by atoms with van der Waals surface area (Å²) in [5, 5.41) is 5.24. The van der Waals surface area contributed by atoms with Crippen molar-refractivity contribution >= 4 is 26.7 Å². The number of hydrogen-bond donors (Lipinski definition) is 1. The van der Waals surface area contributed by atoms with Crippen LogP contribution >= 0.6 is 0 Å². The molecule has 0 spiro atoms. The molecule has 2 aliphatic rings. The third-order valence-corrected chi connectivity index (χ3v) is 8.41. The van der Waals surface area contributed by atoms with E-state index in [1.807, 2.05) is 30.3 Å². The molecule has 1 atom stereocenters. The van der Waals surface area contributed by atoms with Gasteiger partial charge in [0.1, 0.15) is 0 Å². The smallest absolute Gasteiger partial charge is 0.243 e. The molecule has 0 aromatic heterocycles. The highest BCUT2D eigenvalue weighted by Crippen LogP contribution is 2.23. The van der Waals surface area contributed by atoms with Crippen molar-refractivity contribution in [3.8, 4) is 0 Å². The average Bonchev–Trinajstić information content (AvgIpc) is 3.26. The molecule has 0 aliphatic carbocycles. The van der Waals surface area contributed by atoms with Crippen LogP contribution in [0.15, 0.2) is 47.4 Å². The third kappa shape index (κ3) is 4.92. The quantitative estimate of drug-likeness (QED) is 0.704. The number of hydrogen-bond acceptors (Lipinski definition) is 5. The van der Waals surface area contributed by atoms with E-state index >= 15 is 0 Å². The van der Waals surface area contributed by atoms with E-state index in [2.05, 4.69) is 17.1 Å². The number of likely N-dealkylation sites (tertiary alicyclic amines) is 1. The molecule has 8 heteroatoms. The first-order valence-corrected chi connectivity index (χ1v) is 12.6. The first-order valence-electron chi connectivity index (χ1n) is 11.2. The van der Waals surface area contributed by atoms with Crippen LogP contribution in [-0.2, 0) is 14.8 Å². The standard InChI is InChI=1S/C23H32N4O3S/c1-2-25-11-5-8-21(25)17-24-18-23(28)26-12-14-27(15-13-26)31(29,30)22-10-9-19-6-3-4-7-20(19)16-22/h3-4,6-7,9-10,16,21,24H,2,5,8,11-15,17-18H2,1H3/t21-/m1/s1. The summed E-state index contributed by atoms with van der Waals surface area (Å²) in [6.45, 7) is 7.02. The Morgan fingerprint density at radius 3 is 2.52 bits per heavy atom. The van der Waals surface area contributed by atoms with Gasteiger partial charge >= 0.3 is 0 Å². The molecule has 168 valence electrons. The number of piperazine rings is 1. The maximum absolute atomic E-state index is 13.1. The zero-order valence-corrected chi connectivity index (χ0v) is 19.0. The summed E-state index contributed by atoms with van der Waals surface area (Å²) >= 11 is 0. The van der Waals surface area contributed by atoms with Crippen molar-refractivity contribution in [2.45, 2.75) is 30.7 Å². The van der Waals surface area contributed by atoms with Gasteiger partial charge in [-0.25, -0.2) is 8.42 Å². The van der Waals surface area contributed by atoms with Gasteiger partial charge in [-0.3, -0.25) is 9.69 Å². The molecule has 0 bridgehead atoms. The summed E-state index contributed by atoms with van der Waals surface area (Å²) in [6.07, 6.45) is 2.40. The number of likely N-dealkylation sites (N-methyl/N-ethyl adjacent to an activating group) is 1. The normalized spacial score (nSPS) is 21.1. The van der Waals surface area contributed by atoms with Crippen LogP contribution in [-0.4, -0.2) is 86.8 Å². The number of amides is 1. The van der Waals surface area contributed by atoms with Crippen molar-refractivity contribution in [1.82, 2.24) is 19.4 Å². The zero-order chi connectivity index (χ0) is 21.8. The Balaban J connectivity index is 1.29. The Labute approximate surface area is 185 Å². The highest BCUT2D eigenvalue weighted by Gasteiger charge is 2.30. The highest BCUT2D eigenvalue weighted by atomic mass is 32.2. The summed E-state index contributed by atoms with van der Waals surface area (Å²) in [7, 11) is -3.57. The largest absolute Gasteiger partial charge is 0.339 e. The SMILES string of the molecule is CCN1CCC[C@@H]1CNCC(=O)N1CCN(S(=O)(=O)c2ccc3ccccc3c2)CC1. The molecule has 1 N–H and O–H groups in total. The number of sulfonamides is 1. The predicted molar refractivity (Wildman–Crippen MR) is 122 cm³/mol. The molecule has 0 saturated carbocycles. The minimum Gasteiger partial charge on any atom is -0.339 e. The summed E-state index contributed by atoms with van der Waals surface area (Å²) in [5.74, 6) is 0.0452. The number of fused-ring (bicyclic) bond motifs is 1. The molecule has 2 aromatic rings. The number of carbonyl (C=O) groups is 1. The summed E-state index contributed by atoms with van der Waals surface area (Å²) in [6, 6.07) is 13.5. The van der Waals surface area contributed by atoms with Crippen LogP contribution in [0.1, 0.15) is 19.8 Å². The van der Waals surface area contributed by atoms with Crippen molar-refractivity contribution in [2.75, 3.05) is 52.4 Å². The van der Waals surface area contributed by atoms with Crippen LogP contribution in [0.3, 0.4) is 0 Å². The van der Waals surface area contributed by atoms with Gasteiger partial charge in [0.2, 0.25) is 15.9 Å². The number of rotatable bonds is 7. The lowest BCUT2D eigenvalue weighted by molar-refractivity contribution is -0.131. The molecule has 2 aliphatic heterocycles. The Bertz CT molecular complexity index is 1020. The van der Waals surface area contributed by atoms with Crippen molar-refractivity contribution in [3.63, 3.8) is 0 Å². The maximum Gasteiger partial charge on any atom is 0.243 e. The van der Waals surface area contributed by atoms with Gasteiger partial charge in [0, 0.05) is 38.8 Å². The number of benzene rings is 2. The third-order valence-electron chi connectivity index (χ3n) is 6.51. The molecule has 2 fully saturated rings. The van der Waals surface area contributed by atoms with Gasteiger partial charge in [-0.1, -0.05) is 37.3 Å². The van der Waals surface area contributed by atoms with E-state index in [0.29, 0.717) is 43.7 Å². The minimum atomic E-state index is -3.57. The van der Waals surface area contributed by atoms with Gasteiger partial charge in [-0.2, -0.15) is 4.31 Å². The van der Waals surface area contributed by atoms with E-state index in [1.165, 1.54) is 17.1 Å². The molecule has 2 heterocycles.